The summed E-state index contributed by atoms with van der Waals surface area (Å²) in [5.41, 5.74) is 3.34. The molecule has 0 bridgehead atoms. The molecule has 98 valence electrons. The van der Waals surface area contributed by atoms with Gasteiger partial charge in [-0.1, -0.05) is 18.2 Å². The summed E-state index contributed by atoms with van der Waals surface area (Å²) in [6, 6.07) is 7.98. The Morgan fingerprint density at radius 1 is 1.35 bits per heavy atom. The number of aryl methyl sites for hydroxylation is 1. The number of rotatable bonds is 1. The number of para-hydroxylation sites is 1. The molecule has 20 heavy (non-hydrogen) atoms. The van der Waals surface area contributed by atoms with E-state index in [4.69, 9.17) is 0 Å². The fraction of sp³-hybridized carbons (Fsp3) is 0.133. The minimum Gasteiger partial charge on any atom is -0.302 e. The molecule has 0 saturated carbocycles. The number of hydrogen-bond acceptors (Lipinski definition) is 4. The van der Waals surface area contributed by atoms with E-state index >= 15 is 0 Å². The Morgan fingerprint density at radius 2 is 2.15 bits per heavy atom. The molecule has 0 radical (unpaired) electrons. The van der Waals surface area contributed by atoms with Crippen LogP contribution in [0, 0.1) is 6.92 Å². The van der Waals surface area contributed by atoms with Crippen molar-refractivity contribution >= 4 is 28.0 Å². The van der Waals surface area contributed by atoms with Crippen molar-refractivity contribution in [1.82, 2.24) is 9.55 Å². The number of fused-ring (bicyclic) bond motifs is 5. The zero-order valence-corrected chi connectivity index (χ0v) is 11.5. The smallest absolute Gasteiger partial charge is 0.219 e. The van der Waals surface area contributed by atoms with Gasteiger partial charge in [-0.15, -0.1) is 11.3 Å². The van der Waals surface area contributed by atoms with Crippen LogP contribution in [0.3, 0.4) is 0 Å². The fourth-order valence-corrected chi connectivity index (χ4v) is 3.78. The minimum atomic E-state index is -0.251. The molecule has 0 aliphatic carbocycles. The number of benzene rings is 1. The van der Waals surface area contributed by atoms with Crippen LogP contribution >= 0.6 is 11.3 Å². The lowest BCUT2D eigenvalue weighted by Gasteiger charge is -2.08. The van der Waals surface area contributed by atoms with Crippen molar-refractivity contribution in [2.24, 2.45) is 0 Å². The van der Waals surface area contributed by atoms with Gasteiger partial charge in [0.1, 0.15) is 10.3 Å². The van der Waals surface area contributed by atoms with Crippen LogP contribution in [0.1, 0.15) is 26.6 Å². The van der Waals surface area contributed by atoms with Gasteiger partial charge in [0, 0.05) is 12.1 Å². The van der Waals surface area contributed by atoms with Gasteiger partial charge in [0.2, 0.25) is 5.43 Å². The zero-order valence-electron chi connectivity index (χ0n) is 10.7. The van der Waals surface area contributed by atoms with Gasteiger partial charge in [-0.25, -0.2) is 4.98 Å². The molecule has 1 aliphatic rings. The second-order valence-corrected chi connectivity index (χ2v) is 6.02. The van der Waals surface area contributed by atoms with Gasteiger partial charge in [-0.2, -0.15) is 0 Å². The Kier molecular flexibility index (Phi) is 2.23. The van der Waals surface area contributed by atoms with E-state index in [-0.39, 0.29) is 11.0 Å². The van der Waals surface area contributed by atoms with Gasteiger partial charge in [-0.3, -0.25) is 9.59 Å². The number of thiazole rings is 1. The Hall–Kier alpha value is -2.27. The number of carbonyl (C=O) groups excluding carboxylic acids is 1. The van der Waals surface area contributed by atoms with Crippen molar-refractivity contribution < 1.29 is 4.79 Å². The Morgan fingerprint density at radius 3 is 2.95 bits per heavy atom. The number of aromatic nitrogens is 2. The predicted octanol–water partition coefficient (Wildman–Crippen LogP) is 2.47. The molecule has 0 fully saturated rings. The maximum atomic E-state index is 12.4. The van der Waals surface area contributed by atoms with Gasteiger partial charge in [0.25, 0.3) is 0 Å². The van der Waals surface area contributed by atoms with Crippen LogP contribution in [0.4, 0.5) is 0 Å². The molecule has 0 saturated heterocycles. The third kappa shape index (κ3) is 1.33. The zero-order chi connectivity index (χ0) is 13.9. The number of aldehydes is 1. The average Bonchev–Trinajstić information content (AvgIpc) is 2.99. The van der Waals surface area contributed by atoms with Gasteiger partial charge >= 0.3 is 0 Å². The lowest BCUT2D eigenvalue weighted by atomic mass is 10.1. The first-order valence-electron chi connectivity index (χ1n) is 6.29. The summed E-state index contributed by atoms with van der Waals surface area (Å²) in [5, 5.41) is 0.833. The lowest BCUT2D eigenvalue weighted by molar-refractivity contribution is 0.112. The maximum absolute atomic E-state index is 12.4. The SMILES string of the molecule is Cc1nc2c(=O)c(C=O)c3n(c2s1)-c1ccccc1C3. The van der Waals surface area contributed by atoms with E-state index in [9.17, 15) is 9.59 Å². The molecule has 4 nitrogen and oxygen atoms in total. The number of carbonyl (C=O) groups is 1. The molecule has 3 aromatic rings. The van der Waals surface area contributed by atoms with E-state index in [0.717, 1.165) is 26.8 Å². The predicted molar refractivity (Wildman–Crippen MR) is 78.1 cm³/mol. The standard InChI is InChI=1S/C15H10N2O2S/c1-8-16-13-14(19)10(7-18)12-6-9-4-2-3-5-11(9)17(12)15(13)20-8/h2-5,7H,6H2,1H3. The van der Waals surface area contributed by atoms with E-state index in [2.05, 4.69) is 4.98 Å². The topological polar surface area (TPSA) is 52.0 Å². The summed E-state index contributed by atoms with van der Waals surface area (Å²) >= 11 is 1.49. The quantitative estimate of drug-likeness (QED) is 0.504. The van der Waals surface area contributed by atoms with Crippen LogP contribution in [0.2, 0.25) is 0 Å². The Bertz CT molecular complexity index is 937. The van der Waals surface area contributed by atoms with Crippen LogP contribution in [0.15, 0.2) is 29.1 Å². The fourth-order valence-electron chi connectivity index (χ4n) is 2.83. The molecule has 0 atom stereocenters. The summed E-state index contributed by atoms with van der Waals surface area (Å²) in [6.45, 7) is 1.87. The first-order valence-corrected chi connectivity index (χ1v) is 7.11. The summed E-state index contributed by atoms with van der Waals surface area (Å²) < 4.78 is 2.01. The number of pyridine rings is 1. The third-order valence-corrected chi connectivity index (χ3v) is 4.62. The van der Waals surface area contributed by atoms with E-state index in [1.807, 2.05) is 35.8 Å². The van der Waals surface area contributed by atoms with E-state index in [1.165, 1.54) is 11.3 Å². The van der Waals surface area contributed by atoms with Crippen molar-refractivity contribution in [1.29, 1.82) is 0 Å². The highest BCUT2D eigenvalue weighted by molar-refractivity contribution is 7.18. The first-order chi connectivity index (χ1) is 9.70. The van der Waals surface area contributed by atoms with Crippen LogP contribution in [0.5, 0.6) is 0 Å². The average molecular weight is 282 g/mol. The van der Waals surface area contributed by atoms with Crippen LogP contribution in [0.25, 0.3) is 16.0 Å². The number of nitrogens with zero attached hydrogens (tertiary/aromatic N) is 2. The van der Waals surface area contributed by atoms with E-state index in [1.54, 1.807) is 0 Å². The molecule has 0 amide bonds. The highest BCUT2D eigenvalue weighted by atomic mass is 32.1. The first kappa shape index (κ1) is 11.5. The van der Waals surface area contributed by atoms with Crippen molar-refractivity contribution in [3.63, 3.8) is 0 Å². The Balaban J connectivity index is 2.26. The van der Waals surface area contributed by atoms with Crippen molar-refractivity contribution in [2.75, 3.05) is 0 Å². The second-order valence-electron chi connectivity index (χ2n) is 4.83. The van der Waals surface area contributed by atoms with E-state index in [0.29, 0.717) is 18.2 Å². The normalized spacial score (nSPS) is 12.4. The third-order valence-electron chi connectivity index (χ3n) is 3.67. The minimum absolute atomic E-state index is 0.235. The molecule has 1 aromatic carbocycles. The molecule has 3 heterocycles. The molecular formula is C15H10N2O2S. The Labute approximate surface area is 118 Å². The van der Waals surface area contributed by atoms with Gasteiger partial charge < -0.3 is 4.57 Å². The molecule has 0 unspecified atom stereocenters. The molecule has 5 heteroatoms. The summed E-state index contributed by atoms with van der Waals surface area (Å²) in [4.78, 5) is 28.9. The maximum Gasteiger partial charge on any atom is 0.219 e. The molecule has 0 spiro atoms. The van der Waals surface area contributed by atoms with Gasteiger partial charge in [-0.05, 0) is 18.6 Å². The summed E-state index contributed by atoms with van der Waals surface area (Å²) in [5.74, 6) is 0. The summed E-state index contributed by atoms with van der Waals surface area (Å²) in [7, 11) is 0. The summed E-state index contributed by atoms with van der Waals surface area (Å²) in [6.07, 6.45) is 1.28. The molecule has 4 rings (SSSR count). The van der Waals surface area contributed by atoms with Gasteiger partial charge in [0.05, 0.1) is 16.3 Å². The van der Waals surface area contributed by atoms with Crippen molar-refractivity contribution in [3.8, 4) is 5.69 Å². The lowest BCUT2D eigenvalue weighted by Crippen LogP contribution is -2.16. The second kappa shape index (κ2) is 3.86. The highest BCUT2D eigenvalue weighted by Gasteiger charge is 2.26. The highest BCUT2D eigenvalue weighted by Crippen LogP contribution is 2.33. The van der Waals surface area contributed by atoms with E-state index < -0.39 is 0 Å². The molecular weight excluding hydrogens is 272 g/mol. The molecule has 0 N–H and O–H groups in total. The molecule has 2 aromatic heterocycles. The van der Waals surface area contributed by atoms with Crippen LogP contribution < -0.4 is 5.43 Å². The van der Waals surface area contributed by atoms with Crippen LogP contribution in [-0.4, -0.2) is 15.8 Å². The largest absolute Gasteiger partial charge is 0.302 e. The van der Waals surface area contributed by atoms with Crippen LogP contribution in [-0.2, 0) is 6.42 Å². The van der Waals surface area contributed by atoms with Gasteiger partial charge in [0.15, 0.2) is 6.29 Å². The molecule has 1 aliphatic heterocycles. The number of hydrogen-bond donors (Lipinski definition) is 0. The van der Waals surface area contributed by atoms with Crippen molar-refractivity contribution in [2.45, 2.75) is 13.3 Å². The van der Waals surface area contributed by atoms with Crippen molar-refractivity contribution in [3.05, 3.63) is 56.3 Å². The monoisotopic (exact) mass is 282 g/mol.